The van der Waals surface area contributed by atoms with E-state index in [9.17, 15) is 5.11 Å². The molecule has 1 heterocycles. The molecule has 1 atom stereocenters. The third-order valence-electron chi connectivity index (χ3n) is 2.77. The Morgan fingerprint density at radius 3 is 2.29 bits per heavy atom. The molecule has 2 nitrogen and oxygen atoms in total. The van der Waals surface area contributed by atoms with E-state index >= 15 is 0 Å². The van der Waals surface area contributed by atoms with E-state index in [0.29, 0.717) is 5.15 Å². The summed E-state index contributed by atoms with van der Waals surface area (Å²) in [6.45, 7) is 2.11. The summed E-state index contributed by atoms with van der Waals surface area (Å²) in [5.74, 6) is 0. The molecule has 3 heteroatoms. The summed E-state index contributed by atoms with van der Waals surface area (Å²) in [5, 5.41) is 10.6. The Morgan fingerprint density at radius 2 is 1.76 bits per heavy atom. The van der Waals surface area contributed by atoms with E-state index in [-0.39, 0.29) is 0 Å². The van der Waals surface area contributed by atoms with Crippen LogP contribution in [0.2, 0.25) is 5.15 Å². The standard InChI is InChI=1S/C14H14ClNO/c1-2-10-3-5-11(6-4-10)14(17)12-7-8-13(15)16-9-12/h3-9,14,17H,2H2,1H3. The Kier molecular flexibility index (Phi) is 3.77. The van der Waals surface area contributed by atoms with Crippen molar-refractivity contribution in [3.8, 4) is 0 Å². The van der Waals surface area contributed by atoms with E-state index in [1.807, 2.05) is 24.3 Å². The second kappa shape index (κ2) is 5.30. The average Bonchev–Trinajstić information content (AvgIpc) is 2.39. The monoisotopic (exact) mass is 247 g/mol. The molecule has 2 aromatic rings. The van der Waals surface area contributed by atoms with Gasteiger partial charge >= 0.3 is 0 Å². The predicted molar refractivity (Wildman–Crippen MR) is 69.1 cm³/mol. The van der Waals surface area contributed by atoms with Gasteiger partial charge in [-0.1, -0.05) is 48.9 Å². The first-order valence-electron chi connectivity index (χ1n) is 5.59. The molecule has 0 amide bonds. The number of aliphatic hydroxyl groups is 1. The number of rotatable bonds is 3. The first kappa shape index (κ1) is 12.1. The quantitative estimate of drug-likeness (QED) is 0.844. The largest absolute Gasteiger partial charge is 0.384 e. The molecule has 88 valence electrons. The van der Waals surface area contributed by atoms with E-state index < -0.39 is 6.10 Å². The van der Waals surface area contributed by atoms with Gasteiger partial charge in [0.15, 0.2) is 0 Å². The van der Waals surface area contributed by atoms with Crippen LogP contribution in [-0.4, -0.2) is 10.1 Å². The smallest absolute Gasteiger partial charge is 0.129 e. The van der Waals surface area contributed by atoms with Gasteiger partial charge in [0.1, 0.15) is 11.3 Å². The lowest BCUT2D eigenvalue weighted by Gasteiger charge is -2.11. The van der Waals surface area contributed by atoms with Crippen LogP contribution in [-0.2, 0) is 6.42 Å². The lowest BCUT2D eigenvalue weighted by atomic mass is 10.0. The summed E-state index contributed by atoms with van der Waals surface area (Å²) >= 11 is 5.71. The maximum atomic E-state index is 10.2. The predicted octanol–water partition coefficient (Wildman–Crippen LogP) is 3.38. The third kappa shape index (κ3) is 2.84. The Hall–Kier alpha value is -1.38. The summed E-state index contributed by atoms with van der Waals surface area (Å²) in [7, 11) is 0. The summed E-state index contributed by atoms with van der Waals surface area (Å²) in [4.78, 5) is 3.96. The van der Waals surface area contributed by atoms with Crippen molar-refractivity contribution in [2.45, 2.75) is 19.4 Å². The van der Waals surface area contributed by atoms with Crippen molar-refractivity contribution in [2.75, 3.05) is 0 Å². The number of halogens is 1. The van der Waals surface area contributed by atoms with Gasteiger partial charge in [0.2, 0.25) is 0 Å². The number of benzene rings is 1. The minimum atomic E-state index is -0.648. The van der Waals surface area contributed by atoms with Crippen LogP contribution in [0.25, 0.3) is 0 Å². The molecule has 0 saturated heterocycles. The highest BCUT2D eigenvalue weighted by Gasteiger charge is 2.10. The zero-order chi connectivity index (χ0) is 12.3. The Bertz CT molecular complexity index is 479. The normalized spacial score (nSPS) is 12.4. The molecule has 0 fully saturated rings. The first-order chi connectivity index (χ1) is 8.20. The van der Waals surface area contributed by atoms with Crippen LogP contribution in [0.15, 0.2) is 42.6 Å². The van der Waals surface area contributed by atoms with Gasteiger partial charge in [-0.05, 0) is 23.6 Å². The van der Waals surface area contributed by atoms with Gasteiger partial charge < -0.3 is 5.11 Å². The van der Waals surface area contributed by atoms with Gasteiger partial charge in [0.25, 0.3) is 0 Å². The van der Waals surface area contributed by atoms with Crippen molar-refractivity contribution >= 4 is 11.6 Å². The zero-order valence-electron chi connectivity index (χ0n) is 9.60. The lowest BCUT2D eigenvalue weighted by molar-refractivity contribution is 0.220. The van der Waals surface area contributed by atoms with Gasteiger partial charge in [-0.3, -0.25) is 0 Å². The third-order valence-corrected chi connectivity index (χ3v) is 2.99. The number of nitrogens with zero attached hydrogens (tertiary/aromatic N) is 1. The minimum Gasteiger partial charge on any atom is -0.384 e. The van der Waals surface area contributed by atoms with Crippen LogP contribution in [0, 0.1) is 0 Å². The molecular formula is C14H14ClNO. The Labute approximate surface area is 106 Å². The van der Waals surface area contributed by atoms with Crippen LogP contribution in [0.4, 0.5) is 0 Å². The molecule has 2 rings (SSSR count). The van der Waals surface area contributed by atoms with Crippen molar-refractivity contribution in [1.82, 2.24) is 4.98 Å². The van der Waals surface area contributed by atoms with Gasteiger partial charge in [-0.15, -0.1) is 0 Å². The lowest BCUT2D eigenvalue weighted by Crippen LogP contribution is -2.00. The van der Waals surface area contributed by atoms with Crippen LogP contribution < -0.4 is 0 Å². The van der Waals surface area contributed by atoms with E-state index in [1.54, 1.807) is 18.3 Å². The summed E-state index contributed by atoms with van der Waals surface area (Å²) in [6, 6.07) is 11.4. The maximum Gasteiger partial charge on any atom is 0.129 e. The van der Waals surface area contributed by atoms with E-state index in [0.717, 1.165) is 17.5 Å². The Morgan fingerprint density at radius 1 is 1.12 bits per heavy atom. The van der Waals surface area contributed by atoms with Gasteiger partial charge in [0, 0.05) is 11.8 Å². The van der Waals surface area contributed by atoms with E-state index in [2.05, 4.69) is 11.9 Å². The molecule has 1 aromatic carbocycles. The molecule has 1 unspecified atom stereocenters. The summed E-state index contributed by atoms with van der Waals surface area (Å²) in [6.07, 6.45) is 1.95. The van der Waals surface area contributed by atoms with Crippen LogP contribution in [0.5, 0.6) is 0 Å². The highest BCUT2D eigenvalue weighted by molar-refractivity contribution is 6.29. The molecular weight excluding hydrogens is 234 g/mol. The molecule has 0 spiro atoms. The van der Waals surface area contributed by atoms with Gasteiger partial charge in [-0.25, -0.2) is 4.98 Å². The first-order valence-corrected chi connectivity index (χ1v) is 5.97. The van der Waals surface area contributed by atoms with Crippen molar-refractivity contribution in [2.24, 2.45) is 0 Å². The zero-order valence-corrected chi connectivity index (χ0v) is 10.4. The van der Waals surface area contributed by atoms with Crippen LogP contribution in [0.3, 0.4) is 0 Å². The summed E-state index contributed by atoms with van der Waals surface area (Å²) in [5.41, 5.74) is 2.88. The number of hydrogen-bond acceptors (Lipinski definition) is 2. The van der Waals surface area contributed by atoms with E-state index in [4.69, 9.17) is 11.6 Å². The highest BCUT2D eigenvalue weighted by atomic mass is 35.5. The number of aromatic nitrogens is 1. The number of pyridine rings is 1. The van der Waals surface area contributed by atoms with Crippen molar-refractivity contribution < 1.29 is 5.11 Å². The number of aliphatic hydroxyl groups excluding tert-OH is 1. The molecule has 0 aliphatic rings. The second-order valence-corrected chi connectivity index (χ2v) is 4.30. The molecule has 0 aliphatic carbocycles. The maximum absolute atomic E-state index is 10.2. The Balaban J connectivity index is 2.23. The summed E-state index contributed by atoms with van der Waals surface area (Å²) < 4.78 is 0. The minimum absolute atomic E-state index is 0.433. The van der Waals surface area contributed by atoms with Gasteiger partial charge in [0.05, 0.1) is 0 Å². The molecule has 0 aliphatic heterocycles. The topological polar surface area (TPSA) is 33.1 Å². The van der Waals surface area contributed by atoms with E-state index in [1.165, 1.54) is 5.56 Å². The SMILES string of the molecule is CCc1ccc(C(O)c2ccc(Cl)nc2)cc1. The molecule has 0 bridgehead atoms. The van der Waals surface area contributed by atoms with Crippen LogP contribution in [0.1, 0.15) is 29.7 Å². The molecule has 0 saturated carbocycles. The van der Waals surface area contributed by atoms with Crippen molar-refractivity contribution in [3.05, 3.63) is 64.4 Å². The van der Waals surface area contributed by atoms with Crippen LogP contribution >= 0.6 is 11.6 Å². The number of hydrogen-bond donors (Lipinski definition) is 1. The van der Waals surface area contributed by atoms with Crippen molar-refractivity contribution in [1.29, 1.82) is 0 Å². The average molecular weight is 248 g/mol. The molecule has 1 N–H and O–H groups in total. The highest BCUT2D eigenvalue weighted by Crippen LogP contribution is 2.22. The van der Waals surface area contributed by atoms with Crippen molar-refractivity contribution in [3.63, 3.8) is 0 Å². The molecule has 1 aromatic heterocycles. The molecule has 0 radical (unpaired) electrons. The molecule has 17 heavy (non-hydrogen) atoms. The van der Waals surface area contributed by atoms with Gasteiger partial charge in [-0.2, -0.15) is 0 Å². The fourth-order valence-electron chi connectivity index (χ4n) is 1.68. The second-order valence-electron chi connectivity index (χ2n) is 3.91. The fourth-order valence-corrected chi connectivity index (χ4v) is 1.79. The number of aryl methyl sites for hydroxylation is 1. The fraction of sp³-hybridized carbons (Fsp3) is 0.214.